The van der Waals surface area contributed by atoms with Crippen LogP contribution in [0.4, 0.5) is 11.4 Å². The van der Waals surface area contributed by atoms with Crippen LogP contribution in [0.25, 0.3) is 0 Å². The van der Waals surface area contributed by atoms with Gasteiger partial charge in [0.05, 0.1) is 28.7 Å². The molecule has 1 aromatic carbocycles. The lowest BCUT2D eigenvalue weighted by Crippen LogP contribution is -2.14. The molecule has 0 saturated heterocycles. The summed E-state index contributed by atoms with van der Waals surface area (Å²) in [5.74, 6) is -0.399. The first-order chi connectivity index (χ1) is 9.56. The highest BCUT2D eigenvalue weighted by Gasteiger charge is 2.17. The third-order valence-electron chi connectivity index (χ3n) is 2.80. The van der Waals surface area contributed by atoms with Crippen LogP contribution in [0.15, 0.2) is 22.7 Å². The largest absolute Gasteiger partial charge is 0.395 e. The Hall–Kier alpha value is -2.33. The fraction of sp³-hybridized carbons (Fsp3) is 0.154. The molecule has 0 unspecified atom stereocenters. The number of nitrogens with one attached hydrogen (secondary N) is 2. The second kappa shape index (κ2) is 5.75. The van der Waals surface area contributed by atoms with Crippen molar-refractivity contribution in [2.24, 2.45) is 0 Å². The maximum atomic E-state index is 12.1. The van der Waals surface area contributed by atoms with E-state index in [9.17, 15) is 4.79 Å². The second-order valence-corrected chi connectivity index (χ2v) is 4.93. The van der Waals surface area contributed by atoms with E-state index >= 15 is 0 Å². The Morgan fingerprint density at radius 3 is 2.90 bits per heavy atom. The number of nitrogens with zero attached hydrogens (tertiary/aromatic N) is 2. The summed E-state index contributed by atoms with van der Waals surface area (Å²) >= 11 is 3.30. The summed E-state index contributed by atoms with van der Waals surface area (Å²) in [4.78, 5) is 12.1. The summed E-state index contributed by atoms with van der Waals surface area (Å²) in [6.45, 7) is 1.92. The smallest absolute Gasteiger partial charge is 0.278 e. The first kappa shape index (κ1) is 14.1. The number of benzene rings is 1. The highest BCUT2D eigenvalue weighted by Crippen LogP contribution is 2.24. The summed E-state index contributed by atoms with van der Waals surface area (Å²) in [6.07, 6.45) is 0.673. The summed E-state index contributed by atoms with van der Waals surface area (Å²) in [7, 11) is 0. The molecule has 0 aliphatic carbocycles. The number of nitriles is 1. The first-order valence-corrected chi connectivity index (χ1v) is 6.69. The monoisotopic (exact) mass is 333 g/mol. The van der Waals surface area contributed by atoms with Crippen LogP contribution in [0.5, 0.6) is 0 Å². The minimum absolute atomic E-state index is 0.165. The van der Waals surface area contributed by atoms with Crippen LogP contribution >= 0.6 is 15.9 Å². The predicted molar refractivity (Wildman–Crippen MR) is 79.2 cm³/mol. The van der Waals surface area contributed by atoms with E-state index in [1.807, 2.05) is 13.0 Å². The number of aryl methyl sites for hydroxylation is 1. The number of aromatic amines is 1. The van der Waals surface area contributed by atoms with Crippen molar-refractivity contribution in [3.05, 3.63) is 39.6 Å². The molecule has 1 aromatic heterocycles. The second-order valence-electron chi connectivity index (χ2n) is 4.08. The molecule has 2 aromatic rings. The minimum Gasteiger partial charge on any atom is -0.395 e. The van der Waals surface area contributed by atoms with Crippen LogP contribution in [-0.2, 0) is 6.42 Å². The van der Waals surface area contributed by atoms with Gasteiger partial charge in [-0.3, -0.25) is 9.89 Å². The number of aromatic nitrogens is 2. The molecule has 0 radical (unpaired) electrons. The molecule has 0 spiro atoms. The lowest BCUT2D eigenvalue weighted by molar-refractivity contribution is 0.102. The number of anilines is 2. The number of hydrogen-bond donors (Lipinski definition) is 3. The van der Waals surface area contributed by atoms with Crippen molar-refractivity contribution in [1.82, 2.24) is 10.2 Å². The third-order valence-corrected chi connectivity index (χ3v) is 3.45. The number of hydrogen-bond acceptors (Lipinski definition) is 4. The van der Waals surface area contributed by atoms with Gasteiger partial charge in [-0.25, -0.2) is 0 Å². The molecule has 0 bridgehead atoms. The van der Waals surface area contributed by atoms with Gasteiger partial charge in [0.25, 0.3) is 5.91 Å². The average molecular weight is 334 g/mol. The number of halogens is 1. The van der Waals surface area contributed by atoms with Crippen molar-refractivity contribution in [2.45, 2.75) is 13.3 Å². The molecule has 6 nitrogen and oxygen atoms in total. The number of carbonyl (C=O) groups excluding carboxylic acids is 1. The summed E-state index contributed by atoms with van der Waals surface area (Å²) in [5, 5.41) is 18.1. The van der Waals surface area contributed by atoms with Crippen LogP contribution in [0.1, 0.15) is 28.7 Å². The SMILES string of the molecule is CCc1[nH]nc(C(=O)Nc2ccc(C#N)cc2Br)c1N. The fourth-order valence-electron chi connectivity index (χ4n) is 1.70. The summed E-state index contributed by atoms with van der Waals surface area (Å²) in [6, 6.07) is 6.91. The fourth-order valence-corrected chi connectivity index (χ4v) is 2.17. The standard InChI is InChI=1S/C13H12BrN5O/c1-2-9-11(16)12(19-18-9)13(20)17-10-4-3-7(6-15)5-8(10)14/h3-5H,2,16H2,1H3,(H,17,20)(H,18,19). The zero-order valence-corrected chi connectivity index (χ0v) is 12.3. The molecule has 0 fully saturated rings. The Kier molecular flexibility index (Phi) is 4.05. The van der Waals surface area contributed by atoms with Crippen molar-refractivity contribution in [3.63, 3.8) is 0 Å². The van der Waals surface area contributed by atoms with E-state index < -0.39 is 5.91 Å². The molecule has 20 heavy (non-hydrogen) atoms. The summed E-state index contributed by atoms with van der Waals surface area (Å²) < 4.78 is 0.620. The number of H-pyrrole nitrogens is 1. The van der Waals surface area contributed by atoms with Gasteiger partial charge in [-0.2, -0.15) is 10.4 Å². The maximum Gasteiger partial charge on any atom is 0.278 e. The van der Waals surface area contributed by atoms with Gasteiger partial charge in [-0.05, 0) is 40.5 Å². The minimum atomic E-state index is -0.399. The van der Waals surface area contributed by atoms with E-state index in [0.717, 1.165) is 5.69 Å². The normalized spacial score (nSPS) is 10.1. The molecule has 7 heteroatoms. The van der Waals surface area contributed by atoms with Gasteiger partial charge in [0.1, 0.15) is 0 Å². The van der Waals surface area contributed by atoms with Crippen molar-refractivity contribution in [1.29, 1.82) is 5.26 Å². The average Bonchev–Trinajstić information content (AvgIpc) is 2.82. The van der Waals surface area contributed by atoms with Gasteiger partial charge in [0.2, 0.25) is 0 Å². The van der Waals surface area contributed by atoms with E-state index in [1.54, 1.807) is 18.2 Å². The Balaban J connectivity index is 2.24. The van der Waals surface area contributed by atoms with Crippen molar-refractivity contribution in [2.75, 3.05) is 11.1 Å². The molecule has 0 aliphatic rings. The lowest BCUT2D eigenvalue weighted by atomic mass is 10.2. The van der Waals surface area contributed by atoms with E-state index in [0.29, 0.717) is 27.8 Å². The van der Waals surface area contributed by atoms with Crippen molar-refractivity contribution < 1.29 is 4.79 Å². The van der Waals surface area contributed by atoms with Crippen LogP contribution < -0.4 is 11.1 Å². The molecule has 0 saturated carbocycles. The Morgan fingerprint density at radius 1 is 1.60 bits per heavy atom. The number of amides is 1. The van der Waals surface area contributed by atoms with Gasteiger partial charge in [0.15, 0.2) is 5.69 Å². The number of nitrogen functional groups attached to an aromatic ring is 1. The van der Waals surface area contributed by atoms with Gasteiger partial charge in [-0.15, -0.1) is 0 Å². The van der Waals surface area contributed by atoms with E-state index in [1.165, 1.54) is 0 Å². The van der Waals surface area contributed by atoms with Crippen molar-refractivity contribution in [3.8, 4) is 6.07 Å². The first-order valence-electron chi connectivity index (χ1n) is 5.90. The zero-order chi connectivity index (χ0) is 14.7. The molecular weight excluding hydrogens is 322 g/mol. The molecular formula is C13H12BrN5O. The van der Waals surface area contributed by atoms with Gasteiger partial charge >= 0.3 is 0 Å². The van der Waals surface area contributed by atoms with E-state index in [-0.39, 0.29) is 5.69 Å². The van der Waals surface area contributed by atoms with E-state index in [4.69, 9.17) is 11.0 Å². The Morgan fingerprint density at radius 2 is 2.35 bits per heavy atom. The molecule has 102 valence electrons. The zero-order valence-electron chi connectivity index (χ0n) is 10.7. The summed E-state index contributed by atoms with van der Waals surface area (Å²) in [5.41, 5.74) is 8.15. The van der Waals surface area contributed by atoms with Gasteiger partial charge < -0.3 is 11.1 Å². The van der Waals surface area contributed by atoms with Crippen LogP contribution in [0, 0.1) is 11.3 Å². The number of rotatable bonds is 3. The highest BCUT2D eigenvalue weighted by atomic mass is 79.9. The topological polar surface area (TPSA) is 108 Å². The number of nitrogens with two attached hydrogens (primary N) is 1. The van der Waals surface area contributed by atoms with Crippen LogP contribution in [0.2, 0.25) is 0 Å². The predicted octanol–water partition coefficient (Wildman–Crippen LogP) is 2.44. The Bertz CT molecular complexity index is 701. The van der Waals surface area contributed by atoms with Crippen molar-refractivity contribution >= 4 is 33.2 Å². The van der Waals surface area contributed by atoms with E-state index in [2.05, 4.69) is 31.4 Å². The third kappa shape index (κ3) is 2.65. The molecule has 0 aliphatic heterocycles. The van der Waals surface area contributed by atoms with Gasteiger partial charge in [0, 0.05) is 4.47 Å². The highest BCUT2D eigenvalue weighted by molar-refractivity contribution is 9.10. The number of carbonyl (C=O) groups is 1. The Labute approximate surface area is 124 Å². The van der Waals surface area contributed by atoms with Crippen LogP contribution in [0.3, 0.4) is 0 Å². The lowest BCUT2D eigenvalue weighted by Gasteiger charge is -2.06. The quantitative estimate of drug-likeness (QED) is 0.801. The van der Waals surface area contributed by atoms with Gasteiger partial charge in [-0.1, -0.05) is 6.92 Å². The molecule has 0 atom stereocenters. The molecule has 1 heterocycles. The molecule has 4 N–H and O–H groups in total. The molecule has 2 rings (SSSR count). The maximum absolute atomic E-state index is 12.1. The molecule has 1 amide bonds. The van der Waals surface area contributed by atoms with Crippen LogP contribution in [-0.4, -0.2) is 16.1 Å².